The van der Waals surface area contributed by atoms with Crippen LogP contribution in [0.5, 0.6) is 0 Å². The van der Waals surface area contributed by atoms with Crippen LogP contribution in [0.15, 0.2) is 199 Å². The normalized spacial score (nSPS) is 11.2. The Labute approximate surface area is 294 Å². The number of para-hydroxylation sites is 4. The van der Waals surface area contributed by atoms with Crippen LogP contribution in [0.1, 0.15) is 0 Å². The van der Waals surface area contributed by atoms with Crippen molar-refractivity contribution in [2.24, 2.45) is 0 Å². The van der Waals surface area contributed by atoms with E-state index >= 15 is 0 Å². The molecule has 246 valence electrons. The molecule has 0 fully saturated rings. The van der Waals surface area contributed by atoms with Gasteiger partial charge >= 0.3 is 5.51 Å². The topological polar surface area (TPSA) is 9.72 Å². The van der Waals surface area contributed by atoms with Crippen molar-refractivity contribution in [1.29, 1.82) is 0 Å². The van der Waals surface area contributed by atoms with E-state index in [9.17, 15) is 13.2 Å². The first-order chi connectivity index (χ1) is 24.4. The molecule has 50 heavy (non-hydrogen) atoms. The summed E-state index contributed by atoms with van der Waals surface area (Å²) in [6.07, 6.45) is 0. The van der Waals surface area contributed by atoms with E-state index in [1.807, 2.05) is 102 Å². The molecule has 7 aromatic rings. The molecule has 7 heteroatoms. The Kier molecular flexibility index (Phi) is 9.58. The molecule has 0 bridgehead atoms. The standard InChI is InChI=1S/C43H32F3N3S/c44-43(45,46)50-42-31-29-41(30-32-42)49(36-19-11-4-12-20-36)40-27-25-39(26-28-40)48(35-17-9-3-10-18-35)38-23-21-37(22-24-38)47(33-13-5-1-6-14-33)34-15-7-2-8-16-34/h1-32H. The van der Waals surface area contributed by atoms with Crippen molar-refractivity contribution in [3.05, 3.63) is 194 Å². The van der Waals surface area contributed by atoms with E-state index in [0.717, 1.165) is 51.2 Å². The van der Waals surface area contributed by atoms with E-state index in [-0.39, 0.29) is 16.7 Å². The number of benzene rings is 7. The van der Waals surface area contributed by atoms with Gasteiger partial charge in [0, 0.05) is 56.1 Å². The Hall–Kier alpha value is -5.92. The second-order valence-corrected chi connectivity index (χ2v) is 12.6. The lowest BCUT2D eigenvalue weighted by Crippen LogP contribution is -2.13. The summed E-state index contributed by atoms with van der Waals surface area (Å²) in [6.45, 7) is 0. The predicted molar refractivity (Wildman–Crippen MR) is 202 cm³/mol. The zero-order chi connectivity index (χ0) is 34.3. The zero-order valence-corrected chi connectivity index (χ0v) is 27.7. The number of thioether (sulfide) groups is 1. The molecule has 0 aliphatic carbocycles. The lowest BCUT2D eigenvalue weighted by Gasteiger charge is -2.29. The zero-order valence-electron chi connectivity index (χ0n) is 26.9. The van der Waals surface area contributed by atoms with Crippen molar-refractivity contribution in [2.75, 3.05) is 14.7 Å². The Bertz CT molecular complexity index is 2050. The van der Waals surface area contributed by atoms with Crippen LogP contribution < -0.4 is 14.7 Å². The molecule has 0 aliphatic rings. The quantitative estimate of drug-likeness (QED) is 0.133. The van der Waals surface area contributed by atoms with Crippen LogP contribution in [0, 0.1) is 0 Å². The summed E-state index contributed by atoms with van der Waals surface area (Å²) in [5.41, 5.74) is 4.32. The third-order valence-electron chi connectivity index (χ3n) is 8.12. The highest BCUT2D eigenvalue weighted by molar-refractivity contribution is 8.00. The fourth-order valence-electron chi connectivity index (χ4n) is 5.95. The lowest BCUT2D eigenvalue weighted by atomic mass is 10.1. The first-order valence-corrected chi connectivity index (χ1v) is 16.9. The molecular weight excluding hydrogens is 648 g/mol. The van der Waals surface area contributed by atoms with Gasteiger partial charge in [-0.3, -0.25) is 0 Å². The number of anilines is 9. The van der Waals surface area contributed by atoms with Crippen LogP contribution in [-0.4, -0.2) is 5.51 Å². The van der Waals surface area contributed by atoms with Gasteiger partial charge in [0.15, 0.2) is 0 Å². The maximum absolute atomic E-state index is 13.0. The average molecular weight is 680 g/mol. The Morgan fingerprint density at radius 2 is 0.480 bits per heavy atom. The molecule has 7 rings (SSSR count). The van der Waals surface area contributed by atoms with Crippen molar-refractivity contribution in [3.8, 4) is 0 Å². The Morgan fingerprint density at radius 1 is 0.280 bits per heavy atom. The molecule has 0 saturated carbocycles. The fraction of sp³-hybridized carbons (Fsp3) is 0.0233. The van der Waals surface area contributed by atoms with Gasteiger partial charge < -0.3 is 14.7 Å². The van der Waals surface area contributed by atoms with E-state index in [1.54, 1.807) is 12.1 Å². The van der Waals surface area contributed by atoms with Gasteiger partial charge in [0.25, 0.3) is 0 Å². The summed E-state index contributed by atoms with van der Waals surface area (Å²) < 4.78 is 39.1. The maximum Gasteiger partial charge on any atom is 0.446 e. The van der Waals surface area contributed by atoms with Gasteiger partial charge in [0.1, 0.15) is 0 Å². The number of rotatable bonds is 10. The van der Waals surface area contributed by atoms with E-state index in [4.69, 9.17) is 0 Å². The minimum absolute atomic E-state index is 0.113. The highest BCUT2D eigenvalue weighted by Crippen LogP contribution is 2.42. The molecule has 0 atom stereocenters. The minimum Gasteiger partial charge on any atom is -0.311 e. The summed E-state index contributed by atoms with van der Waals surface area (Å²) in [6, 6.07) is 63.9. The van der Waals surface area contributed by atoms with Gasteiger partial charge in [-0.05, 0) is 133 Å². The first-order valence-electron chi connectivity index (χ1n) is 16.1. The van der Waals surface area contributed by atoms with Crippen LogP contribution in [0.25, 0.3) is 0 Å². The molecule has 0 aliphatic heterocycles. The maximum atomic E-state index is 13.0. The average Bonchev–Trinajstić information content (AvgIpc) is 3.15. The number of nitrogens with zero attached hydrogens (tertiary/aromatic N) is 3. The van der Waals surface area contributed by atoms with Gasteiger partial charge in [-0.2, -0.15) is 13.2 Å². The van der Waals surface area contributed by atoms with Gasteiger partial charge in [-0.1, -0.05) is 72.8 Å². The molecule has 0 heterocycles. The smallest absolute Gasteiger partial charge is 0.311 e. The molecule has 0 aromatic heterocycles. The second kappa shape index (κ2) is 14.7. The van der Waals surface area contributed by atoms with Crippen molar-refractivity contribution >= 4 is 62.9 Å². The third kappa shape index (κ3) is 7.53. The molecule has 0 amide bonds. The van der Waals surface area contributed by atoms with Crippen molar-refractivity contribution in [1.82, 2.24) is 0 Å². The van der Waals surface area contributed by atoms with Gasteiger partial charge in [-0.25, -0.2) is 0 Å². The van der Waals surface area contributed by atoms with Crippen molar-refractivity contribution in [3.63, 3.8) is 0 Å². The Morgan fingerprint density at radius 3 is 0.700 bits per heavy atom. The van der Waals surface area contributed by atoms with Crippen LogP contribution in [0.2, 0.25) is 0 Å². The minimum atomic E-state index is -4.34. The van der Waals surface area contributed by atoms with Crippen LogP contribution in [0.3, 0.4) is 0 Å². The van der Waals surface area contributed by atoms with E-state index in [0.29, 0.717) is 0 Å². The molecule has 0 unspecified atom stereocenters. The first kappa shape index (κ1) is 32.6. The van der Waals surface area contributed by atoms with Gasteiger partial charge in [0.2, 0.25) is 0 Å². The Balaban J connectivity index is 1.24. The summed E-state index contributed by atoms with van der Waals surface area (Å²) in [7, 11) is 0. The van der Waals surface area contributed by atoms with Crippen LogP contribution >= 0.6 is 11.8 Å². The van der Waals surface area contributed by atoms with E-state index in [1.165, 1.54) is 12.1 Å². The lowest BCUT2D eigenvalue weighted by molar-refractivity contribution is -0.0328. The molecule has 3 nitrogen and oxygen atoms in total. The van der Waals surface area contributed by atoms with Crippen molar-refractivity contribution in [2.45, 2.75) is 10.4 Å². The highest BCUT2D eigenvalue weighted by atomic mass is 32.2. The number of hydrogen-bond donors (Lipinski definition) is 0. The molecule has 7 aromatic carbocycles. The number of alkyl halides is 3. The largest absolute Gasteiger partial charge is 0.446 e. The third-order valence-corrected chi connectivity index (χ3v) is 8.86. The van der Waals surface area contributed by atoms with Gasteiger partial charge in [-0.15, -0.1) is 0 Å². The monoisotopic (exact) mass is 679 g/mol. The summed E-state index contributed by atoms with van der Waals surface area (Å²) >= 11 is -0.113. The second-order valence-electron chi connectivity index (χ2n) is 11.4. The summed E-state index contributed by atoms with van der Waals surface area (Å²) in [5, 5.41) is 0. The molecule has 0 saturated heterocycles. The number of halogens is 3. The van der Waals surface area contributed by atoms with E-state index < -0.39 is 5.51 Å². The van der Waals surface area contributed by atoms with E-state index in [2.05, 4.69) is 82.6 Å². The van der Waals surface area contributed by atoms with Crippen LogP contribution in [0.4, 0.5) is 64.4 Å². The molecule has 0 spiro atoms. The van der Waals surface area contributed by atoms with Crippen LogP contribution in [-0.2, 0) is 0 Å². The molecule has 0 N–H and O–H groups in total. The van der Waals surface area contributed by atoms with Gasteiger partial charge in [0.05, 0.1) is 0 Å². The molecular formula is C43H32F3N3S. The summed E-state index contributed by atoms with van der Waals surface area (Å²) in [5.74, 6) is 0. The SMILES string of the molecule is FC(F)(F)Sc1ccc(N(c2ccccc2)c2ccc(N(c3ccccc3)c3ccc(N(c4ccccc4)c4ccccc4)cc3)cc2)cc1. The predicted octanol–water partition coefficient (Wildman–Crippen LogP) is 13.7. The fourth-order valence-corrected chi connectivity index (χ4v) is 6.49. The van der Waals surface area contributed by atoms with Crippen molar-refractivity contribution < 1.29 is 13.2 Å². The summed E-state index contributed by atoms with van der Waals surface area (Å²) in [4.78, 5) is 6.62. The highest BCUT2D eigenvalue weighted by Gasteiger charge is 2.29. The molecule has 0 radical (unpaired) electrons. The number of hydrogen-bond acceptors (Lipinski definition) is 4.